The lowest BCUT2D eigenvalue weighted by Crippen LogP contribution is -2.23. The molecule has 0 fully saturated rings. The summed E-state index contributed by atoms with van der Waals surface area (Å²) < 4.78 is 23.7. The van der Waals surface area contributed by atoms with Crippen LogP contribution in [0.5, 0.6) is 5.75 Å². The van der Waals surface area contributed by atoms with Crippen LogP contribution in [0.15, 0.2) is 52.9 Å². The Bertz CT molecular complexity index is 878. The molecule has 0 atom stereocenters. The number of ether oxygens (including phenoxy) is 1. The van der Waals surface area contributed by atoms with Gasteiger partial charge in [0.1, 0.15) is 11.6 Å². The zero-order valence-corrected chi connectivity index (χ0v) is 14.2. The van der Waals surface area contributed by atoms with Gasteiger partial charge in [0.25, 0.3) is 5.89 Å². The van der Waals surface area contributed by atoms with Crippen molar-refractivity contribution in [3.05, 3.63) is 65.8 Å². The van der Waals surface area contributed by atoms with Crippen LogP contribution in [0.4, 0.5) is 4.39 Å². The Hall–Kier alpha value is -3.22. The average molecular weight is 355 g/mol. The molecule has 3 rings (SSSR count). The summed E-state index contributed by atoms with van der Waals surface area (Å²) in [7, 11) is 1.57. The van der Waals surface area contributed by atoms with Crippen molar-refractivity contribution in [3.63, 3.8) is 0 Å². The van der Waals surface area contributed by atoms with Crippen molar-refractivity contribution < 1.29 is 18.3 Å². The largest absolute Gasteiger partial charge is 0.496 e. The maximum Gasteiger partial charge on any atom is 0.251 e. The average Bonchev–Trinajstić information content (AvgIpc) is 3.14. The third kappa shape index (κ3) is 4.44. The van der Waals surface area contributed by atoms with Crippen LogP contribution in [0.2, 0.25) is 0 Å². The maximum absolute atomic E-state index is 12.8. The van der Waals surface area contributed by atoms with Crippen molar-refractivity contribution in [1.29, 1.82) is 0 Å². The predicted octanol–water partition coefficient (Wildman–Crippen LogP) is 3.13. The molecule has 0 spiro atoms. The van der Waals surface area contributed by atoms with E-state index in [0.717, 1.165) is 5.56 Å². The highest BCUT2D eigenvalue weighted by atomic mass is 19.1. The van der Waals surface area contributed by atoms with Gasteiger partial charge in [-0.3, -0.25) is 4.79 Å². The Morgan fingerprint density at radius 2 is 1.92 bits per heavy atom. The van der Waals surface area contributed by atoms with Crippen LogP contribution >= 0.6 is 0 Å². The number of para-hydroxylation sites is 1. The van der Waals surface area contributed by atoms with Gasteiger partial charge >= 0.3 is 0 Å². The van der Waals surface area contributed by atoms with Gasteiger partial charge in [0.05, 0.1) is 12.7 Å². The standard InChI is InChI=1S/C19H18FN3O3/c1-25-16-5-3-2-4-15(16)19-23-22-18(26-19)11-10-17(24)21-12-13-6-8-14(20)9-7-13/h2-9H,10-12H2,1H3,(H,21,24). The number of halogens is 1. The van der Waals surface area contributed by atoms with Crippen molar-refractivity contribution in [1.82, 2.24) is 15.5 Å². The smallest absolute Gasteiger partial charge is 0.251 e. The highest BCUT2D eigenvalue weighted by Crippen LogP contribution is 2.28. The zero-order chi connectivity index (χ0) is 18.4. The number of methoxy groups -OCH3 is 1. The number of benzene rings is 2. The second kappa shape index (κ2) is 8.24. The van der Waals surface area contributed by atoms with Gasteiger partial charge < -0.3 is 14.5 Å². The van der Waals surface area contributed by atoms with Crippen LogP contribution in [-0.2, 0) is 17.8 Å². The minimum atomic E-state index is -0.303. The van der Waals surface area contributed by atoms with Crippen LogP contribution in [0.1, 0.15) is 17.9 Å². The molecule has 0 unspecified atom stereocenters. The molecule has 2 aromatic carbocycles. The molecule has 0 aliphatic heterocycles. The molecule has 1 N–H and O–H groups in total. The monoisotopic (exact) mass is 355 g/mol. The highest BCUT2D eigenvalue weighted by molar-refractivity contribution is 5.76. The molecule has 0 aliphatic carbocycles. The van der Waals surface area contributed by atoms with Crippen LogP contribution in [-0.4, -0.2) is 23.2 Å². The molecule has 0 radical (unpaired) electrons. The zero-order valence-electron chi connectivity index (χ0n) is 14.2. The molecule has 0 aliphatic rings. The molecular weight excluding hydrogens is 337 g/mol. The number of hydrogen-bond donors (Lipinski definition) is 1. The number of nitrogens with one attached hydrogen (secondary N) is 1. The lowest BCUT2D eigenvalue weighted by molar-refractivity contribution is -0.121. The van der Waals surface area contributed by atoms with E-state index >= 15 is 0 Å². The first-order valence-electron chi connectivity index (χ1n) is 8.12. The minimum absolute atomic E-state index is 0.147. The van der Waals surface area contributed by atoms with Gasteiger partial charge in [-0.1, -0.05) is 24.3 Å². The number of aryl methyl sites for hydroxylation is 1. The maximum atomic E-state index is 12.8. The lowest BCUT2D eigenvalue weighted by Gasteiger charge is -2.04. The summed E-state index contributed by atoms with van der Waals surface area (Å²) in [4.78, 5) is 11.9. The van der Waals surface area contributed by atoms with Gasteiger partial charge in [-0.15, -0.1) is 10.2 Å². The summed E-state index contributed by atoms with van der Waals surface area (Å²) in [5.74, 6) is 0.917. The Morgan fingerprint density at radius 3 is 2.69 bits per heavy atom. The van der Waals surface area contributed by atoms with Crippen molar-refractivity contribution >= 4 is 5.91 Å². The van der Waals surface area contributed by atoms with E-state index in [2.05, 4.69) is 15.5 Å². The molecule has 3 aromatic rings. The Labute approximate surface area is 150 Å². The van der Waals surface area contributed by atoms with E-state index in [1.54, 1.807) is 19.2 Å². The number of rotatable bonds is 7. The van der Waals surface area contributed by atoms with Gasteiger partial charge in [-0.25, -0.2) is 4.39 Å². The first kappa shape index (κ1) is 17.6. The van der Waals surface area contributed by atoms with E-state index in [-0.39, 0.29) is 18.1 Å². The second-order valence-corrected chi connectivity index (χ2v) is 5.60. The topological polar surface area (TPSA) is 77.2 Å². The molecule has 1 heterocycles. The van der Waals surface area contributed by atoms with Gasteiger partial charge in [-0.05, 0) is 29.8 Å². The predicted molar refractivity (Wildman–Crippen MR) is 92.9 cm³/mol. The summed E-state index contributed by atoms with van der Waals surface area (Å²) in [6, 6.07) is 13.3. The van der Waals surface area contributed by atoms with E-state index in [1.165, 1.54) is 12.1 Å². The molecular formula is C19H18FN3O3. The van der Waals surface area contributed by atoms with Crippen molar-refractivity contribution in [2.75, 3.05) is 7.11 Å². The molecule has 7 heteroatoms. The molecule has 0 saturated carbocycles. The summed E-state index contributed by atoms with van der Waals surface area (Å²) in [5, 5.41) is 10.8. The van der Waals surface area contributed by atoms with Gasteiger partial charge in [0.15, 0.2) is 0 Å². The first-order valence-corrected chi connectivity index (χ1v) is 8.12. The Morgan fingerprint density at radius 1 is 1.15 bits per heavy atom. The van der Waals surface area contributed by atoms with Gasteiger partial charge in [-0.2, -0.15) is 0 Å². The number of aromatic nitrogens is 2. The number of carbonyl (C=O) groups is 1. The van der Waals surface area contributed by atoms with E-state index in [0.29, 0.717) is 36.1 Å². The summed E-state index contributed by atoms with van der Waals surface area (Å²) in [5.41, 5.74) is 1.53. The Kier molecular flexibility index (Phi) is 5.58. The highest BCUT2D eigenvalue weighted by Gasteiger charge is 2.13. The van der Waals surface area contributed by atoms with Crippen LogP contribution in [0.25, 0.3) is 11.5 Å². The lowest BCUT2D eigenvalue weighted by atomic mass is 10.2. The minimum Gasteiger partial charge on any atom is -0.496 e. The fourth-order valence-electron chi connectivity index (χ4n) is 2.40. The van der Waals surface area contributed by atoms with E-state index in [1.807, 2.05) is 24.3 Å². The fraction of sp³-hybridized carbons (Fsp3) is 0.211. The molecule has 1 aromatic heterocycles. The molecule has 26 heavy (non-hydrogen) atoms. The summed E-state index contributed by atoms with van der Waals surface area (Å²) in [6.07, 6.45) is 0.548. The molecule has 134 valence electrons. The summed E-state index contributed by atoms with van der Waals surface area (Å²) >= 11 is 0. The third-order valence-electron chi connectivity index (χ3n) is 3.77. The summed E-state index contributed by atoms with van der Waals surface area (Å²) in [6.45, 7) is 0.343. The van der Waals surface area contributed by atoms with Crippen molar-refractivity contribution in [3.8, 4) is 17.2 Å². The second-order valence-electron chi connectivity index (χ2n) is 5.60. The normalized spacial score (nSPS) is 10.5. The fourth-order valence-corrected chi connectivity index (χ4v) is 2.40. The SMILES string of the molecule is COc1ccccc1-c1nnc(CCC(=O)NCc2ccc(F)cc2)o1. The Balaban J connectivity index is 1.53. The third-order valence-corrected chi connectivity index (χ3v) is 3.77. The van der Waals surface area contributed by atoms with E-state index in [4.69, 9.17) is 9.15 Å². The number of carbonyl (C=O) groups excluding carboxylic acids is 1. The van der Waals surface area contributed by atoms with Gasteiger partial charge in [0, 0.05) is 19.4 Å². The molecule has 1 amide bonds. The number of amides is 1. The van der Waals surface area contributed by atoms with Crippen molar-refractivity contribution in [2.45, 2.75) is 19.4 Å². The number of hydrogen-bond acceptors (Lipinski definition) is 5. The first-order chi connectivity index (χ1) is 12.7. The molecule has 0 bridgehead atoms. The van der Waals surface area contributed by atoms with E-state index < -0.39 is 0 Å². The molecule has 0 saturated heterocycles. The molecule has 6 nitrogen and oxygen atoms in total. The van der Waals surface area contributed by atoms with Crippen LogP contribution in [0, 0.1) is 5.82 Å². The number of nitrogens with zero attached hydrogens (tertiary/aromatic N) is 2. The van der Waals surface area contributed by atoms with Gasteiger partial charge in [0.2, 0.25) is 11.8 Å². The van der Waals surface area contributed by atoms with Crippen molar-refractivity contribution in [2.24, 2.45) is 0 Å². The van der Waals surface area contributed by atoms with Crippen LogP contribution in [0.3, 0.4) is 0 Å². The van der Waals surface area contributed by atoms with Crippen LogP contribution < -0.4 is 10.1 Å². The van der Waals surface area contributed by atoms with E-state index in [9.17, 15) is 9.18 Å². The quantitative estimate of drug-likeness (QED) is 0.704.